The first kappa shape index (κ1) is 15.4. The number of rotatable bonds is 4. The summed E-state index contributed by atoms with van der Waals surface area (Å²) < 4.78 is 6.63. The van der Waals surface area contributed by atoms with E-state index < -0.39 is 0 Å². The van der Waals surface area contributed by atoms with E-state index in [2.05, 4.69) is 40.1 Å². The maximum absolute atomic E-state index is 12.5. The number of carbonyl (C=O) groups is 1. The van der Waals surface area contributed by atoms with Gasteiger partial charge in [0, 0.05) is 22.7 Å². The molecule has 2 aromatic heterocycles. The fourth-order valence-corrected chi connectivity index (χ4v) is 4.40. The molecule has 0 unspecified atom stereocenters. The van der Waals surface area contributed by atoms with Crippen LogP contribution >= 0.6 is 11.3 Å². The summed E-state index contributed by atoms with van der Waals surface area (Å²) in [7, 11) is 0. The van der Waals surface area contributed by atoms with Crippen LogP contribution in [-0.4, -0.2) is 17.1 Å². The molecule has 1 aliphatic rings. The summed E-state index contributed by atoms with van der Waals surface area (Å²) in [6.45, 7) is 2.04. The molecule has 0 saturated heterocycles. The number of amides is 1. The standard InChI is InChI=1S/C19H20N2O2S/c1-12(10-13-11-24-17-9-5-3-6-14(13)17)20-19(22)18-15-7-2-4-8-16(15)23-21-18/h3,5-6,9,11-12H,2,4,7-8,10H2,1H3,(H,20,22)/t12-/m1/s1. The Labute approximate surface area is 144 Å². The van der Waals surface area contributed by atoms with Crippen LogP contribution in [0.4, 0.5) is 0 Å². The van der Waals surface area contributed by atoms with Crippen molar-refractivity contribution in [1.82, 2.24) is 10.5 Å². The first-order valence-corrected chi connectivity index (χ1v) is 9.33. The van der Waals surface area contributed by atoms with E-state index >= 15 is 0 Å². The Morgan fingerprint density at radius 2 is 2.17 bits per heavy atom. The Balaban J connectivity index is 1.47. The summed E-state index contributed by atoms with van der Waals surface area (Å²) in [4.78, 5) is 12.5. The summed E-state index contributed by atoms with van der Waals surface area (Å²) in [6.07, 6.45) is 4.82. The van der Waals surface area contributed by atoms with E-state index in [4.69, 9.17) is 4.52 Å². The molecule has 124 valence electrons. The molecule has 1 N–H and O–H groups in total. The van der Waals surface area contributed by atoms with Crippen LogP contribution < -0.4 is 5.32 Å². The first-order chi connectivity index (χ1) is 11.7. The highest BCUT2D eigenvalue weighted by Crippen LogP contribution is 2.27. The average Bonchev–Trinajstić information content (AvgIpc) is 3.19. The Kier molecular flexibility index (Phi) is 4.10. The molecule has 4 rings (SSSR count). The summed E-state index contributed by atoms with van der Waals surface area (Å²) in [5, 5.41) is 10.6. The minimum absolute atomic E-state index is 0.0476. The van der Waals surface area contributed by atoms with Crippen LogP contribution in [-0.2, 0) is 19.3 Å². The number of nitrogens with one attached hydrogen (secondary N) is 1. The van der Waals surface area contributed by atoms with Gasteiger partial charge in [0.15, 0.2) is 5.69 Å². The minimum Gasteiger partial charge on any atom is -0.360 e. The lowest BCUT2D eigenvalue weighted by Gasteiger charge is -2.14. The van der Waals surface area contributed by atoms with Gasteiger partial charge >= 0.3 is 0 Å². The van der Waals surface area contributed by atoms with Crippen LogP contribution in [0.5, 0.6) is 0 Å². The highest BCUT2D eigenvalue weighted by Gasteiger charge is 2.24. The summed E-state index contributed by atoms with van der Waals surface area (Å²) in [6, 6.07) is 8.44. The fraction of sp³-hybridized carbons (Fsp3) is 0.368. The zero-order valence-corrected chi connectivity index (χ0v) is 14.5. The van der Waals surface area contributed by atoms with Gasteiger partial charge in [0.05, 0.1) is 0 Å². The molecule has 2 heterocycles. The van der Waals surface area contributed by atoms with Crippen LogP contribution in [0.15, 0.2) is 34.2 Å². The van der Waals surface area contributed by atoms with Gasteiger partial charge in [-0.15, -0.1) is 11.3 Å². The zero-order chi connectivity index (χ0) is 16.5. The summed E-state index contributed by atoms with van der Waals surface area (Å²) >= 11 is 1.75. The van der Waals surface area contributed by atoms with Crippen LogP contribution in [0.2, 0.25) is 0 Å². The molecular formula is C19H20N2O2S. The second kappa shape index (κ2) is 6.40. The molecule has 0 bridgehead atoms. The predicted molar refractivity (Wildman–Crippen MR) is 95.6 cm³/mol. The Bertz CT molecular complexity index is 881. The maximum atomic E-state index is 12.5. The highest BCUT2D eigenvalue weighted by molar-refractivity contribution is 7.17. The van der Waals surface area contributed by atoms with Gasteiger partial charge in [-0.25, -0.2) is 0 Å². The number of hydrogen-bond donors (Lipinski definition) is 1. The summed E-state index contributed by atoms with van der Waals surface area (Å²) in [5.41, 5.74) is 2.77. The lowest BCUT2D eigenvalue weighted by atomic mass is 9.96. The van der Waals surface area contributed by atoms with Crippen molar-refractivity contribution in [2.45, 2.75) is 45.1 Å². The molecule has 1 atom stereocenters. The maximum Gasteiger partial charge on any atom is 0.273 e. The molecule has 3 aromatic rings. The van der Waals surface area contributed by atoms with E-state index in [0.717, 1.165) is 43.4 Å². The van der Waals surface area contributed by atoms with Gasteiger partial charge in [-0.3, -0.25) is 4.79 Å². The molecule has 4 nitrogen and oxygen atoms in total. The van der Waals surface area contributed by atoms with Crippen molar-refractivity contribution in [3.8, 4) is 0 Å². The third-order valence-corrected chi connectivity index (χ3v) is 5.64. The fourth-order valence-electron chi connectivity index (χ4n) is 3.43. The normalized spacial score (nSPS) is 15.2. The molecule has 0 radical (unpaired) electrons. The lowest BCUT2D eigenvalue weighted by molar-refractivity contribution is 0.0930. The first-order valence-electron chi connectivity index (χ1n) is 8.46. The van der Waals surface area contributed by atoms with Crippen LogP contribution in [0.1, 0.15) is 47.1 Å². The number of thiophene rings is 1. The van der Waals surface area contributed by atoms with Crippen molar-refractivity contribution >= 4 is 27.3 Å². The Morgan fingerprint density at radius 3 is 3.08 bits per heavy atom. The van der Waals surface area contributed by atoms with Gasteiger partial charge in [0.1, 0.15) is 5.76 Å². The molecule has 1 amide bonds. The van der Waals surface area contributed by atoms with Gasteiger partial charge < -0.3 is 9.84 Å². The quantitative estimate of drug-likeness (QED) is 0.777. The van der Waals surface area contributed by atoms with Crippen molar-refractivity contribution < 1.29 is 9.32 Å². The average molecular weight is 340 g/mol. The van der Waals surface area contributed by atoms with E-state index in [1.54, 1.807) is 11.3 Å². The number of benzene rings is 1. The summed E-state index contributed by atoms with van der Waals surface area (Å²) in [5.74, 6) is 0.775. The van der Waals surface area contributed by atoms with Crippen molar-refractivity contribution in [3.63, 3.8) is 0 Å². The van der Waals surface area contributed by atoms with Crippen LogP contribution in [0, 0.1) is 0 Å². The molecule has 24 heavy (non-hydrogen) atoms. The number of fused-ring (bicyclic) bond motifs is 2. The van der Waals surface area contributed by atoms with E-state index in [9.17, 15) is 4.79 Å². The molecular weight excluding hydrogens is 320 g/mol. The number of nitrogens with zero attached hydrogens (tertiary/aromatic N) is 1. The smallest absolute Gasteiger partial charge is 0.273 e. The van der Waals surface area contributed by atoms with Crippen molar-refractivity contribution in [3.05, 3.63) is 52.2 Å². The second-order valence-corrected chi connectivity index (χ2v) is 7.39. The van der Waals surface area contributed by atoms with Crippen LogP contribution in [0.3, 0.4) is 0 Å². The second-order valence-electron chi connectivity index (χ2n) is 6.48. The SMILES string of the molecule is C[C@H](Cc1csc2ccccc12)NC(=O)c1noc2c1CCCC2. The number of aryl methyl sites for hydroxylation is 1. The number of hydrogen-bond acceptors (Lipinski definition) is 4. The van der Waals surface area contributed by atoms with Gasteiger partial charge in [-0.05, 0) is 55.0 Å². The number of carbonyl (C=O) groups excluding carboxylic acids is 1. The Hall–Kier alpha value is -2.14. The van der Waals surface area contributed by atoms with E-state index in [1.807, 2.05) is 6.92 Å². The third-order valence-electron chi connectivity index (χ3n) is 4.63. The Morgan fingerprint density at radius 1 is 1.33 bits per heavy atom. The van der Waals surface area contributed by atoms with E-state index in [-0.39, 0.29) is 11.9 Å². The van der Waals surface area contributed by atoms with Crippen molar-refractivity contribution in [2.75, 3.05) is 0 Å². The van der Waals surface area contributed by atoms with Gasteiger partial charge in [0.25, 0.3) is 5.91 Å². The van der Waals surface area contributed by atoms with Gasteiger partial charge in [0.2, 0.25) is 0 Å². The molecule has 1 aliphatic carbocycles. The minimum atomic E-state index is -0.117. The third kappa shape index (κ3) is 2.84. The molecule has 1 aromatic carbocycles. The molecule has 5 heteroatoms. The lowest BCUT2D eigenvalue weighted by Crippen LogP contribution is -2.34. The van der Waals surface area contributed by atoms with E-state index in [0.29, 0.717) is 5.69 Å². The van der Waals surface area contributed by atoms with Crippen LogP contribution in [0.25, 0.3) is 10.1 Å². The van der Waals surface area contributed by atoms with Gasteiger partial charge in [-0.1, -0.05) is 23.4 Å². The molecule has 0 aliphatic heterocycles. The monoisotopic (exact) mass is 340 g/mol. The molecule has 0 saturated carbocycles. The van der Waals surface area contributed by atoms with Gasteiger partial charge in [-0.2, -0.15) is 0 Å². The topological polar surface area (TPSA) is 55.1 Å². The largest absolute Gasteiger partial charge is 0.360 e. The number of aromatic nitrogens is 1. The van der Waals surface area contributed by atoms with Crippen molar-refractivity contribution in [1.29, 1.82) is 0 Å². The van der Waals surface area contributed by atoms with Crippen molar-refractivity contribution in [2.24, 2.45) is 0 Å². The van der Waals surface area contributed by atoms with E-state index in [1.165, 1.54) is 15.6 Å². The zero-order valence-electron chi connectivity index (χ0n) is 13.7. The predicted octanol–water partition coefficient (Wildman–Crippen LogP) is 4.13. The molecule has 0 fully saturated rings. The molecule has 0 spiro atoms. The highest BCUT2D eigenvalue weighted by atomic mass is 32.1.